The molecule has 0 unspecified atom stereocenters. The Hall–Kier alpha value is -0.550. The number of thioether (sulfide) groups is 1. The molecule has 4 N–H and O–H groups in total. The van der Waals surface area contributed by atoms with Crippen molar-refractivity contribution in [2.24, 2.45) is 5.84 Å². The summed E-state index contributed by atoms with van der Waals surface area (Å²) in [6.45, 7) is 1.64. The molecular weight excluding hydrogens is 218 g/mol. The Labute approximate surface area is 101 Å². The van der Waals surface area contributed by atoms with E-state index in [1.165, 1.54) is 34.6 Å². The molecule has 0 saturated carbocycles. The lowest BCUT2D eigenvalue weighted by atomic mass is 10.0. The van der Waals surface area contributed by atoms with Crippen LogP contribution in [0.1, 0.15) is 17.5 Å². The van der Waals surface area contributed by atoms with Crippen LogP contribution in [0, 0.1) is 0 Å². The van der Waals surface area contributed by atoms with E-state index in [0.717, 1.165) is 13.0 Å². The van der Waals surface area contributed by atoms with Crippen LogP contribution in [-0.2, 0) is 12.8 Å². The third-order valence-corrected chi connectivity index (χ3v) is 3.99. The van der Waals surface area contributed by atoms with Crippen molar-refractivity contribution >= 4 is 11.8 Å². The van der Waals surface area contributed by atoms with Gasteiger partial charge in [-0.25, -0.2) is 5.43 Å². The number of hydrogen-bond acceptors (Lipinski definition) is 4. The van der Waals surface area contributed by atoms with Crippen LogP contribution in [0.5, 0.6) is 0 Å². The van der Waals surface area contributed by atoms with Gasteiger partial charge in [-0.3, -0.25) is 5.84 Å². The molecule has 1 aromatic rings. The van der Waals surface area contributed by atoms with Crippen molar-refractivity contribution in [2.75, 3.05) is 19.0 Å². The summed E-state index contributed by atoms with van der Waals surface area (Å²) in [5.41, 5.74) is 5.54. The first-order chi connectivity index (χ1) is 7.90. The number of nitrogens with one attached hydrogen (secondary N) is 2. The first-order valence-corrected chi connectivity index (χ1v) is 6.77. The molecule has 1 aliphatic rings. The van der Waals surface area contributed by atoms with Crippen molar-refractivity contribution in [2.45, 2.75) is 24.2 Å². The number of fused-ring (bicyclic) bond motifs is 1. The second-order valence-corrected chi connectivity index (χ2v) is 5.16. The van der Waals surface area contributed by atoms with E-state index >= 15 is 0 Å². The third-order valence-electron chi connectivity index (χ3n) is 2.79. The van der Waals surface area contributed by atoms with E-state index in [1.807, 2.05) is 11.8 Å². The van der Waals surface area contributed by atoms with E-state index in [9.17, 15) is 0 Å². The topological polar surface area (TPSA) is 50.1 Å². The Morgan fingerprint density at radius 3 is 3.19 bits per heavy atom. The van der Waals surface area contributed by atoms with Gasteiger partial charge in [0.05, 0.1) is 6.67 Å². The molecule has 2 rings (SSSR count). The number of rotatable bonds is 5. The number of aryl methyl sites for hydroxylation is 1. The highest BCUT2D eigenvalue weighted by Crippen LogP contribution is 2.30. The van der Waals surface area contributed by atoms with Crippen molar-refractivity contribution in [3.05, 3.63) is 29.3 Å². The van der Waals surface area contributed by atoms with Crippen LogP contribution in [0.25, 0.3) is 0 Å². The Morgan fingerprint density at radius 1 is 1.38 bits per heavy atom. The molecule has 0 bridgehead atoms. The van der Waals surface area contributed by atoms with Gasteiger partial charge < -0.3 is 5.32 Å². The van der Waals surface area contributed by atoms with Gasteiger partial charge in [-0.2, -0.15) is 0 Å². The molecule has 0 aromatic heterocycles. The minimum absolute atomic E-state index is 0.667. The Morgan fingerprint density at radius 2 is 2.31 bits per heavy atom. The monoisotopic (exact) mass is 237 g/mol. The molecule has 3 nitrogen and oxygen atoms in total. The van der Waals surface area contributed by atoms with Gasteiger partial charge in [0.25, 0.3) is 0 Å². The van der Waals surface area contributed by atoms with Crippen LogP contribution in [0.3, 0.4) is 0 Å². The minimum atomic E-state index is 0.667. The van der Waals surface area contributed by atoms with E-state index in [-0.39, 0.29) is 0 Å². The second-order valence-electron chi connectivity index (χ2n) is 4.02. The van der Waals surface area contributed by atoms with Crippen LogP contribution >= 0.6 is 11.8 Å². The molecule has 88 valence electrons. The minimum Gasteiger partial charge on any atom is -0.303 e. The lowest BCUT2D eigenvalue weighted by Gasteiger charge is -2.16. The molecule has 0 atom stereocenters. The maximum Gasteiger partial charge on any atom is 0.0587 e. The highest BCUT2D eigenvalue weighted by Gasteiger charge is 2.09. The SMILES string of the molecule is NNCNCCc1ccc2c(c1)CCCS2. The summed E-state index contributed by atoms with van der Waals surface area (Å²) in [7, 11) is 0. The van der Waals surface area contributed by atoms with E-state index in [4.69, 9.17) is 5.84 Å². The summed E-state index contributed by atoms with van der Waals surface area (Å²) in [4.78, 5) is 1.48. The number of hydrogen-bond donors (Lipinski definition) is 3. The molecule has 16 heavy (non-hydrogen) atoms. The molecule has 0 amide bonds. The molecule has 1 aromatic carbocycles. The highest BCUT2D eigenvalue weighted by atomic mass is 32.2. The Bertz CT molecular complexity index is 341. The first kappa shape index (κ1) is 11.9. The maximum atomic E-state index is 5.18. The van der Waals surface area contributed by atoms with Crippen LogP contribution in [0.4, 0.5) is 0 Å². The van der Waals surface area contributed by atoms with Gasteiger partial charge in [-0.05, 0) is 42.2 Å². The normalized spacial score (nSPS) is 14.8. The Kier molecular flexibility index (Phi) is 4.66. The van der Waals surface area contributed by atoms with Gasteiger partial charge in [0.2, 0.25) is 0 Å². The summed E-state index contributed by atoms with van der Waals surface area (Å²) >= 11 is 1.99. The summed E-state index contributed by atoms with van der Waals surface area (Å²) < 4.78 is 0. The summed E-state index contributed by atoms with van der Waals surface area (Å²) in [5, 5.41) is 3.22. The van der Waals surface area contributed by atoms with Crippen molar-refractivity contribution < 1.29 is 0 Å². The molecule has 0 fully saturated rings. The molecule has 0 aliphatic carbocycles. The van der Waals surface area contributed by atoms with Crippen LogP contribution in [-0.4, -0.2) is 19.0 Å². The molecule has 0 radical (unpaired) electrons. The van der Waals surface area contributed by atoms with E-state index in [0.29, 0.717) is 6.67 Å². The van der Waals surface area contributed by atoms with Gasteiger partial charge >= 0.3 is 0 Å². The molecular formula is C12H19N3S. The summed E-state index contributed by atoms with van der Waals surface area (Å²) in [6.07, 6.45) is 3.63. The van der Waals surface area contributed by atoms with Crippen LogP contribution < -0.4 is 16.6 Å². The largest absolute Gasteiger partial charge is 0.303 e. The van der Waals surface area contributed by atoms with E-state index in [1.54, 1.807) is 0 Å². The first-order valence-electron chi connectivity index (χ1n) is 5.79. The third kappa shape index (κ3) is 3.22. The highest BCUT2D eigenvalue weighted by molar-refractivity contribution is 7.99. The summed E-state index contributed by atoms with van der Waals surface area (Å²) in [5.74, 6) is 6.46. The lowest BCUT2D eigenvalue weighted by Crippen LogP contribution is -2.34. The number of nitrogens with two attached hydrogens (primary N) is 1. The van der Waals surface area contributed by atoms with Gasteiger partial charge in [0.15, 0.2) is 0 Å². The predicted molar refractivity (Wildman–Crippen MR) is 69.4 cm³/mol. The Balaban J connectivity index is 1.90. The molecule has 1 aliphatic heterocycles. The molecule has 0 saturated heterocycles. The fourth-order valence-electron chi connectivity index (χ4n) is 1.96. The quantitative estimate of drug-likeness (QED) is 0.312. The predicted octanol–water partition coefficient (Wildman–Crippen LogP) is 1.28. The number of benzene rings is 1. The zero-order valence-electron chi connectivity index (χ0n) is 9.46. The fraction of sp³-hybridized carbons (Fsp3) is 0.500. The second kappa shape index (κ2) is 6.25. The smallest absolute Gasteiger partial charge is 0.0587 e. The molecule has 0 spiro atoms. The van der Waals surface area contributed by atoms with Gasteiger partial charge in [-0.15, -0.1) is 11.8 Å². The van der Waals surface area contributed by atoms with Crippen LogP contribution in [0.2, 0.25) is 0 Å². The zero-order chi connectivity index (χ0) is 11.2. The number of hydrazine groups is 1. The fourth-order valence-corrected chi connectivity index (χ4v) is 2.98. The molecule has 1 heterocycles. The zero-order valence-corrected chi connectivity index (χ0v) is 10.3. The summed E-state index contributed by atoms with van der Waals surface area (Å²) in [6, 6.07) is 6.88. The average Bonchev–Trinajstić information content (AvgIpc) is 2.34. The molecule has 4 heteroatoms. The van der Waals surface area contributed by atoms with Gasteiger partial charge in [-0.1, -0.05) is 12.1 Å². The maximum absolute atomic E-state index is 5.18. The van der Waals surface area contributed by atoms with Gasteiger partial charge in [0, 0.05) is 11.4 Å². The van der Waals surface area contributed by atoms with E-state index < -0.39 is 0 Å². The van der Waals surface area contributed by atoms with Crippen molar-refractivity contribution in [3.8, 4) is 0 Å². The standard InChI is InChI=1S/C12H19N3S/c13-15-9-14-6-5-10-3-4-12-11(8-10)2-1-7-16-12/h3-4,8,14-15H,1-2,5-7,9,13H2. The van der Waals surface area contributed by atoms with E-state index in [2.05, 4.69) is 28.9 Å². The average molecular weight is 237 g/mol. The lowest BCUT2D eigenvalue weighted by molar-refractivity contribution is 0.601. The van der Waals surface area contributed by atoms with Crippen molar-refractivity contribution in [3.63, 3.8) is 0 Å². The van der Waals surface area contributed by atoms with Crippen LogP contribution in [0.15, 0.2) is 23.1 Å². The van der Waals surface area contributed by atoms with Crippen molar-refractivity contribution in [1.82, 2.24) is 10.7 Å². The van der Waals surface area contributed by atoms with Crippen molar-refractivity contribution in [1.29, 1.82) is 0 Å². The van der Waals surface area contributed by atoms with Gasteiger partial charge in [0.1, 0.15) is 0 Å².